The van der Waals surface area contributed by atoms with E-state index in [1.165, 1.54) is 14.2 Å². The van der Waals surface area contributed by atoms with Gasteiger partial charge in [-0.3, -0.25) is 10.2 Å². The quantitative estimate of drug-likeness (QED) is 0.556. The van der Waals surface area contributed by atoms with Crippen LogP contribution in [0.25, 0.3) is 0 Å². The van der Waals surface area contributed by atoms with Crippen LogP contribution in [0.5, 0.6) is 11.5 Å². The number of hydrogen-bond acceptors (Lipinski definition) is 6. The van der Waals surface area contributed by atoms with Gasteiger partial charge in [0, 0.05) is 5.56 Å². The number of benzene rings is 2. The molecular weight excluding hydrogens is 336 g/mol. The summed E-state index contributed by atoms with van der Waals surface area (Å²) in [4.78, 5) is 24.4. The molecule has 7 nitrogen and oxygen atoms in total. The predicted octanol–water partition coefficient (Wildman–Crippen LogP) is 2.24. The van der Waals surface area contributed by atoms with Crippen molar-refractivity contribution >= 4 is 11.9 Å². The minimum atomic E-state index is -0.824. The van der Waals surface area contributed by atoms with Gasteiger partial charge in [-0.2, -0.15) is 0 Å². The van der Waals surface area contributed by atoms with Crippen molar-refractivity contribution in [2.45, 2.75) is 13.0 Å². The zero-order chi connectivity index (χ0) is 18.9. The van der Waals surface area contributed by atoms with Gasteiger partial charge in [-0.05, 0) is 30.7 Å². The number of amides is 1. The molecule has 2 rings (SSSR count). The summed E-state index contributed by atoms with van der Waals surface area (Å²) in [7, 11) is 2.79. The van der Waals surface area contributed by atoms with Gasteiger partial charge in [0.25, 0.3) is 5.91 Å². The minimum absolute atomic E-state index is 0.356. The van der Waals surface area contributed by atoms with Crippen molar-refractivity contribution in [2.24, 2.45) is 0 Å². The number of esters is 1. The molecule has 0 unspecified atom stereocenters. The zero-order valence-corrected chi connectivity index (χ0v) is 14.9. The summed E-state index contributed by atoms with van der Waals surface area (Å²) in [5, 5.41) is 0. The van der Waals surface area contributed by atoms with E-state index in [9.17, 15) is 9.59 Å². The fraction of sp³-hybridized carbons (Fsp3) is 0.263. The lowest BCUT2D eigenvalue weighted by Gasteiger charge is -2.18. The summed E-state index contributed by atoms with van der Waals surface area (Å²) < 4.78 is 15.5. The van der Waals surface area contributed by atoms with Crippen LogP contribution in [0.4, 0.5) is 0 Å². The molecule has 26 heavy (non-hydrogen) atoms. The molecule has 2 aromatic carbocycles. The summed E-state index contributed by atoms with van der Waals surface area (Å²) in [5.41, 5.74) is 6.27. The van der Waals surface area contributed by atoms with Gasteiger partial charge in [0.1, 0.15) is 6.04 Å². The highest BCUT2D eigenvalue weighted by atomic mass is 16.5. The average Bonchev–Trinajstić information content (AvgIpc) is 2.69. The van der Waals surface area contributed by atoms with E-state index in [0.29, 0.717) is 29.2 Å². The maximum atomic E-state index is 12.4. The third-order valence-electron chi connectivity index (χ3n) is 3.63. The van der Waals surface area contributed by atoms with E-state index >= 15 is 0 Å². The number of carbonyl (C=O) groups excluding carboxylic acids is 2. The molecule has 0 aliphatic heterocycles. The Balaban J connectivity index is 2.11. The number of hydrazine groups is 1. The summed E-state index contributed by atoms with van der Waals surface area (Å²) in [5.74, 6) is 0.0697. The van der Waals surface area contributed by atoms with E-state index in [4.69, 9.17) is 14.2 Å². The van der Waals surface area contributed by atoms with Crippen molar-refractivity contribution in [3.05, 3.63) is 59.7 Å². The van der Waals surface area contributed by atoms with Crippen molar-refractivity contribution in [2.75, 3.05) is 20.8 Å². The minimum Gasteiger partial charge on any atom is -0.493 e. The van der Waals surface area contributed by atoms with Gasteiger partial charge < -0.3 is 14.2 Å². The Kier molecular flexibility index (Phi) is 6.99. The lowest BCUT2D eigenvalue weighted by atomic mass is 10.1. The van der Waals surface area contributed by atoms with Crippen LogP contribution in [0.2, 0.25) is 0 Å². The Morgan fingerprint density at radius 2 is 1.77 bits per heavy atom. The Hall–Kier alpha value is -3.06. The second kappa shape index (κ2) is 9.43. The fourth-order valence-corrected chi connectivity index (χ4v) is 2.34. The third-order valence-corrected chi connectivity index (χ3v) is 3.63. The molecule has 0 saturated heterocycles. The van der Waals surface area contributed by atoms with E-state index in [2.05, 4.69) is 10.9 Å². The van der Waals surface area contributed by atoms with E-state index in [0.717, 1.165) is 0 Å². The average molecular weight is 358 g/mol. The van der Waals surface area contributed by atoms with Crippen molar-refractivity contribution < 1.29 is 23.8 Å². The van der Waals surface area contributed by atoms with Crippen molar-refractivity contribution in [1.29, 1.82) is 0 Å². The monoisotopic (exact) mass is 358 g/mol. The molecule has 0 aliphatic carbocycles. The lowest BCUT2D eigenvalue weighted by molar-refractivity contribution is -0.143. The highest BCUT2D eigenvalue weighted by Crippen LogP contribution is 2.28. The molecule has 1 atom stereocenters. The highest BCUT2D eigenvalue weighted by Gasteiger charge is 2.22. The van der Waals surface area contributed by atoms with Crippen LogP contribution >= 0.6 is 0 Å². The molecule has 0 aliphatic rings. The van der Waals surface area contributed by atoms with Gasteiger partial charge in [-0.1, -0.05) is 30.3 Å². The standard InChI is InChI=1S/C19H22N2O5/c1-4-26-15-11-10-14(12-16(15)24-2)18(22)21-20-17(19(23)25-3)13-8-6-5-7-9-13/h5-12,17,20H,4H2,1-3H3,(H,21,22)/t17-/m0/s1. The summed E-state index contributed by atoms with van der Waals surface area (Å²) in [6, 6.07) is 13.0. The number of hydrogen-bond donors (Lipinski definition) is 2. The maximum Gasteiger partial charge on any atom is 0.329 e. The van der Waals surface area contributed by atoms with Crippen LogP contribution < -0.4 is 20.3 Å². The van der Waals surface area contributed by atoms with E-state index < -0.39 is 17.9 Å². The molecule has 0 bridgehead atoms. The summed E-state index contributed by atoms with van der Waals surface area (Å²) >= 11 is 0. The second-order valence-electron chi connectivity index (χ2n) is 5.26. The largest absolute Gasteiger partial charge is 0.493 e. The Labute approximate surface area is 152 Å². The Morgan fingerprint density at radius 3 is 2.38 bits per heavy atom. The Morgan fingerprint density at radius 1 is 1.04 bits per heavy atom. The summed E-state index contributed by atoms with van der Waals surface area (Å²) in [6.07, 6.45) is 0. The molecule has 138 valence electrons. The normalized spacial score (nSPS) is 11.3. The van der Waals surface area contributed by atoms with Gasteiger partial charge in [0.2, 0.25) is 0 Å². The van der Waals surface area contributed by atoms with Crippen LogP contribution in [0, 0.1) is 0 Å². The number of rotatable bonds is 8. The first kappa shape index (κ1) is 19.3. The topological polar surface area (TPSA) is 85.9 Å². The van der Waals surface area contributed by atoms with E-state index in [-0.39, 0.29) is 0 Å². The lowest BCUT2D eigenvalue weighted by Crippen LogP contribution is -2.43. The fourth-order valence-electron chi connectivity index (χ4n) is 2.34. The smallest absolute Gasteiger partial charge is 0.329 e. The molecule has 2 aromatic rings. The third kappa shape index (κ3) is 4.73. The van der Waals surface area contributed by atoms with Crippen LogP contribution in [0.3, 0.4) is 0 Å². The van der Waals surface area contributed by atoms with Crippen LogP contribution in [0.15, 0.2) is 48.5 Å². The van der Waals surface area contributed by atoms with E-state index in [1.54, 1.807) is 42.5 Å². The van der Waals surface area contributed by atoms with Gasteiger partial charge in [-0.15, -0.1) is 0 Å². The molecule has 0 radical (unpaired) electrons. The first-order valence-electron chi connectivity index (χ1n) is 8.10. The van der Waals surface area contributed by atoms with Crippen molar-refractivity contribution in [3.8, 4) is 11.5 Å². The SMILES string of the molecule is CCOc1ccc(C(=O)NN[C@H](C(=O)OC)c2ccccc2)cc1OC. The van der Waals surface area contributed by atoms with E-state index in [1.807, 2.05) is 13.0 Å². The van der Waals surface area contributed by atoms with Gasteiger partial charge in [0.05, 0.1) is 20.8 Å². The first-order valence-corrected chi connectivity index (χ1v) is 8.10. The number of ether oxygens (including phenoxy) is 3. The van der Waals surface area contributed by atoms with Crippen molar-refractivity contribution in [1.82, 2.24) is 10.9 Å². The molecule has 0 spiro atoms. The van der Waals surface area contributed by atoms with Crippen molar-refractivity contribution in [3.63, 3.8) is 0 Å². The molecule has 0 aromatic heterocycles. The second-order valence-corrected chi connectivity index (χ2v) is 5.26. The molecule has 0 fully saturated rings. The van der Waals surface area contributed by atoms with Crippen LogP contribution in [0.1, 0.15) is 28.9 Å². The maximum absolute atomic E-state index is 12.4. The van der Waals surface area contributed by atoms with Gasteiger partial charge >= 0.3 is 5.97 Å². The molecule has 7 heteroatoms. The molecular formula is C19H22N2O5. The number of nitrogens with one attached hydrogen (secondary N) is 2. The number of methoxy groups -OCH3 is 2. The Bertz CT molecular complexity index is 749. The molecule has 0 saturated carbocycles. The molecule has 1 amide bonds. The zero-order valence-electron chi connectivity index (χ0n) is 14.9. The van der Waals surface area contributed by atoms with Crippen LogP contribution in [-0.2, 0) is 9.53 Å². The number of carbonyl (C=O) groups is 2. The van der Waals surface area contributed by atoms with Gasteiger partial charge in [-0.25, -0.2) is 10.2 Å². The predicted molar refractivity (Wildman–Crippen MR) is 96.0 cm³/mol. The van der Waals surface area contributed by atoms with Crippen LogP contribution in [-0.4, -0.2) is 32.7 Å². The first-order chi connectivity index (χ1) is 12.6. The summed E-state index contributed by atoms with van der Waals surface area (Å²) in [6.45, 7) is 2.35. The molecule has 0 heterocycles. The molecule has 2 N–H and O–H groups in total. The van der Waals surface area contributed by atoms with Gasteiger partial charge in [0.15, 0.2) is 11.5 Å². The highest BCUT2D eigenvalue weighted by molar-refractivity contribution is 5.94.